The number of rotatable bonds is 3. The van der Waals surface area contributed by atoms with Crippen molar-refractivity contribution in [2.75, 3.05) is 0 Å². The number of H-pyrrole nitrogens is 1. The number of hydrogen-bond donors (Lipinski definition) is 2. The molecule has 0 unspecified atom stereocenters. The predicted molar refractivity (Wildman–Crippen MR) is 95.2 cm³/mol. The molecule has 3 rings (SSSR count). The van der Waals surface area contributed by atoms with Crippen LogP contribution in [-0.4, -0.2) is 15.9 Å². The van der Waals surface area contributed by atoms with Gasteiger partial charge in [0.05, 0.1) is 10.5 Å². The fourth-order valence-corrected chi connectivity index (χ4v) is 2.87. The van der Waals surface area contributed by atoms with Crippen molar-refractivity contribution in [1.82, 2.24) is 4.98 Å². The van der Waals surface area contributed by atoms with Crippen molar-refractivity contribution in [1.29, 1.82) is 0 Å². The Labute approximate surface area is 143 Å². The lowest BCUT2D eigenvalue weighted by Crippen LogP contribution is -2.19. The standard InChI is InChI=1S/C19H16ClNO3/c1-10(2)11-7-8-15-13(9-11)18(23)16(19(24)21-15)17(22)12-5-3-4-6-14(12)20/h3-10H,1-2H3,(H2,21,23,24). The summed E-state index contributed by atoms with van der Waals surface area (Å²) in [4.78, 5) is 27.7. The van der Waals surface area contributed by atoms with Crippen LogP contribution in [0.2, 0.25) is 5.02 Å². The Hall–Kier alpha value is -2.59. The number of benzene rings is 2. The quantitative estimate of drug-likeness (QED) is 0.700. The number of nitrogens with one attached hydrogen (secondary N) is 1. The van der Waals surface area contributed by atoms with E-state index in [1.54, 1.807) is 30.3 Å². The molecule has 0 spiro atoms. The van der Waals surface area contributed by atoms with Crippen LogP contribution < -0.4 is 5.56 Å². The van der Waals surface area contributed by atoms with Crippen molar-refractivity contribution in [3.8, 4) is 5.75 Å². The molecule has 1 heterocycles. The molecule has 0 atom stereocenters. The average Bonchev–Trinajstić information content (AvgIpc) is 2.54. The number of halogens is 1. The van der Waals surface area contributed by atoms with Gasteiger partial charge in [-0.3, -0.25) is 9.59 Å². The van der Waals surface area contributed by atoms with Crippen LogP contribution in [0.15, 0.2) is 47.3 Å². The summed E-state index contributed by atoms with van der Waals surface area (Å²) >= 11 is 6.04. The summed E-state index contributed by atoms with van der Waals surface area (Å²) in [5, 5.41) is 11.2. The first kappa shape index (κ1) is 16.3. The third-order valence-corrected chi connectivity index (χ3v) is 4.35. The van der Waals surface area contributed by atoms with E-state index in [4.69, 9.17) is 11.6 Å². The van der Waals surface area contributed by atoms with Crippen molar-refractivity contribution in [2.45, 2.75) is 19.8 Å². The molecule has 0 aliphatic carbocycles. The number of aromatic nitrogens is 1. The molecule has 1 aromatic heterocycles. The van der Waals surface area contributed by atoms with Crippen LogP contribution in [0.1, 0.15) is 41.3 Å². The highest BCUT2D eigenvalue weighted by Crippen LogP contribution is 2.30. The summed E-state index contributed by atoms with van der Waals surface area (Å²) in [6, 6.07) is 11.8. The summed E-state index contributed by atoms with van der Waals surface area (Å²) < 4.78 is 0. The van der Waals surface area contributed by atoms with E-state index in [-0.39, 0.29) is 27.8 Å². The zero-order chi connectivity index (χ0) is 17.4. The minimum Gasteiger partial charge on any atom is -0.506 e. The van der Waals surface area contributed by atoms with E-state index < -0.39 is 11.3 Å². The zero-order valence-electron chi connectivity index (χ0n) is 13.3. The van der Waals surface area contributed by atoms with Gasteiger partial charge in [0, 0.05) is 10.9 Å². The molecule has 0 amide bonds. The number of aromatic hydroxyl groups is 1. The van der Waals surface area contributed by atoms with E-state index in [1.165, 1.54) is 6.07 Å². The summed E-state index contributed by atoms with van der Waals surface area (Å²) in [5.74, 6) is -0.666. The maximum atomic E-state index is 12.7. The number of fused-ring (bicyclic) bond motifs is 1. The van der Waals surface area contributed by atoms with Gasteiger partial charge in [0.1, 0.15) is 11.3 Å². The molecule has 0 radical (unpaired) electrons. The van der Waals surface area contributed by atoms with Crippen molar-refractivity contribution in [3.05, 3.63) is 74.5 Å². The number of carbonyl (C=O) groups excluding carboxylic acids is 1. The molecule has 4 nitrogen and oxygen atoms in total. The minimum absolute atomic E-state index is 0.180. The van der Waals surface area contributed by atoms with Crippen molar-refractivity contribution < 1.29 is 9.90 Å². The topological polar surface area (TPSA) is 70.2 Å². The smallest absolute Gasteiger partial charge is 0.263 e. The lowest BCUT2D eigenvalue weighted by atomic mass is 9.97. The van der Waals surface area contributed by atoms with E-state index >= 15 is 0 Å². The largest absolute Gasteiger partial charge is 0.506 e. The van der Waals surface area contributed by atoms with Crippen LogP contribution in [-0.2, 0) is 0 Å². The third kappa shape index (κ3) is 2.69. The monoisotopic (exact) mass is 341 g/mol. The van der Waals surface area contributed by atoms with Crippen LogP contribution in [0.3, 0.4) is 0 Å². The fourth-order valence-electron chi connectivity index (χ4n) is 2.64. The Kier molecular flexibility index (Phi) is 4.16. The first-order valence-electron chi connectivity index (χ1n) is 7.58. The van der Waals surface area contributed by atoms with Crippen LogP contribution in [0.4, 0.5) is 0 Å². The number of aromatic amines is 1. The second-order valence-electron chi connectivity index (χ2n) is 5.95. The van der Waals surface area contributed by atoms with Crippen LogP contribution in [0.25, 0.3) is 10.9 Å². The van der Waals surface area contributed by atoms with Gasteiger partial charge in [-0.05, 0) is 35.7 Å². The molecule has 0 fully saturated rings. The Bertz CT molecular complexity index is 1010. The Balaban J connectivity index is 2.26. The van der Waals surface area contributed by atoms with Gasteiger partial charge in [0.15, 0.2) is 0 Å². The number of hydrogen-bond acceptors (Lipinski definition) is 3. The van der Waals surface area contributed by atoms with Crippen LogP contribution >= 0.6 is 11.6 Å². The third-order valence-electron chi connectivity index (χ3n) is 4.02. The molecule has 24 heavy (non-hydrogen) atoms. The van der Waals surface area contributed by atoms with Gasteiger partial charge in [-0.2, -0.15) is 0 Å². The molecule has 0 saturated heterocycles. The normalized spacial score (nSPS) is 11.2. The average molecular weight is 342 g/mol. The summed E-state index contributed by atoms with van der Waals surface area (Å²) in [6.45, 7) is 4.05. The highest BCUT2D eigenvalue weighted by Gasteiger charge is 2.22. The molecule has 2 N–H and O–H groups in total. The lowest BCUT2D eigenvalue weighted by molar-refractivity contribution is 0.103. The fraction of sp³-hybridized carbons (Fsp3) is 0.158. The van der Waals surface area contributed by atoms with Crippen molar-refractivity contribution >= 4 is 28.3 Å². The summed E-state index contributed by atoms with van der Waals surface area (Å²) in [7, 11) is 0. The summed E-state index contributed by atoms with van der Waals surface area (Å²) in [6.07, 6.45) is 0. The van der Waals surface area contributed by atoms with Crippen LogP contribution in [0, 0.1) is 0 Å². The molecule has 0 aliphatic rings. The molecular formula is C19H16ClNO3. The molecule has 5 heteroatoms. The van der Waals surface area contributed by atoms with Crippen molar-refractivity contribution in [3.63, 3.8) is 0 Å². The van der Waals surface area contributed by atoms with Gasteiger partial charge in [-0.15, -0.1) is 0 Å². The van der Waals surface area contributed by atoms with Gasteiger partial charge >= 0.3 is 0 Å². The first-order chi connectivity index (χ1) is 11.4. The molecule has 0 saturated carbocycles. The van der Waals surface area contributed by atoms with Gasteiger partial charge in [0.25, 0.3) is 5.56 Å². The Morgan fingerprint density at radius 1 is 1.17 bits per heavy atom. The van der Waals surface area contributed by atoms with Gasteiger partial charge in [-0.25, -0.2) is 0 Å². The number of ketones is 1. The predicted octanol–water partition coefficient (Wildman–Crippen LogP) is 4.24. The maximum absolute atomic E-state index is 12.7. The highest BCUT2D eigenvalue weighted by molar-refractivity contribution is 6.35. The Morgan fingerprint density at radius 3 is 2.54 bits per heavy atom. The van der Waals surface area contributed by atoms with Gasteiger partial charge < -0.3 is 10.1 Å². The van der Waals surface area contributed by atoms with E-state index in [0.717, 1.165) is 5.56 Å². The number of carbonyl (C=O) groups is 1. The SMILES string of the molecule is CC(C)c1ccc2[nH]c(=O)c(C(=O)c3ccccc3Cl)c(O)c2c1. The minimum atomic E-state index is -0.637. The molecular weight excluding hydrogens is 326 g/mol. The van der Waals surface area contributed by atoms with E-state index in [1.807, 2.05) is 19.9 Å². The van der Waals surface area contributed by atoms with Crippen LogP contribution in [0.5, 0.6) is 5.75 Å². The summed E-state index contributed by atoms with van der Waals surface area (Å²) in [5.41, 5.74) is 0.733. The maximum Gasteiger partial charge on any atom is 0.263 e. The zero-order valence-corrected chi connectivity index (χ0v) is 14.0. The second-order valence-corrected chi connectivity index (χ2v) is 6.35. The second kappa shape index (κ2) is 6.13. The molecule has 2 aromatic carbocycles. The van der Waals surface area contributed by atoms with E-state index in [9.17, 15) is 14.7 Å². The van der Waals surface area contributed by atoms with Gasteiger partial charge in [0.2, 0.25) is 5.78 Å². The van der Waals surface area contributed by atoms with Gasteiger partial charge in [-0.1, -0.05) is 43.6 Å². The van der Waals surface area contributed by atoms with E-state index in [2.05, 4.69) is 4.98 Å². The lowest BCUT2D eigenvalue weighted by Gasteiger charge is -2.11. The molecule has 0 aliphatic heterocycles. The molecule has 122 valence electrons. The highest BCUT2D eigenvalue weighted by atomic mass is 35.5. The molecule has 3 aromatic rings. The molecule has 0 bridgehead atoms. The first-order valence-corrected chi connectivity index (χ1v) is 7.96. The van der Waals surface area contributed by atoms with E-state index in [0.29, 0.717) is 10.9 Å². The number of pyridine rings is 1. The Morgan fingerprint density at radius 2 is 1.88 bits per heavy atom. The van der Waals surface area contributed by atoms with Crippen molar-refractivity contribution in [2.24, 2.45) is 0 Å².